The molecule has 2 rings (SSSR count). The van der Waals surface area contributed by atoms with E-state index in [1.165, 1.54) is 0 Å². The number of carbonyl (C=O) groups excluding carboxylic acids is 1. The Bertz CT molecular complexity index is 610. The summed E-state index contributed by atoms with van der Waals surface area (Å²) in [7, 11) is -0.927. The Hall–Kier alpha value is -1.56. The van der Waals surface area contributed by atoms with E-state index in [-0.39, 0.29) is 12.0 Å². The zero-order valence-electron chi connectivity index (χ0n) is 14.3. The Kier molecular flexibility index (Phi) is 5.34. The maximum atomic E-state index is 12.2. The first-order valence-corrected chi connectivity index (χ1v) is 9.54. The quantitative estimate of drug-likeness (QED) is 0.860. The molecule has 23 heavy (non-hydrogen) atoms. The van der Waals surface area contributed by atoms with Crippen molar-refractivity contribution in [2.45, 2.75) is 44.5 Å². The average molecular weight is 338 g/mol. The molecule has 6 heteroatoms. The molecule has 1 aliphatic heterocycles. The second-order valence-corrected chi connectivity index (χ2v) is 8.52. The highest BCUT2D eigenvalue weighted by atomic mass is 32.2. The Labute approximate surface area is 140 Å². The van der Waals surface area contributed by atoms with E-state index in [1.807, 2.05) is 39.0 Å². The van der Waals surface area contributed by atoms with Gasteiger partial charge in [-0.25, -0.2) is 4.79 Å². The molecule has 2 atom stereocenters. The number of ether oxygens (including phenoxy) is 1. The molecular formula is C17H26N2O3S. The molecule has 0 radical (unpaired) electrons. The van der Waals surface area contributed by atoms with Crippen LogP contribution in [0.2, 0.25) is 0 Å². The van der Waals surface area contributed by atoms with Gasteiger partial charge in [0.2, 0.25) is 0 Å². The first kappa shape index (κ1) is 17.8. The third kappa shape index (κ3) is 4.96. The molecule has 1 aromatic rings. The summed E-state index contributed by atoms with van der Waals surface area (Å²) >= 11 is 0. The highest BCUT2D eigenvalue weighted by Crippen LogP contribution is 2.32. The van der Waals surface area contributed by atoms with E-state index >= 15 is 0 Å². The van der Waals surface area contributed by atoms with Crippen LogP contribution in [0, 0.1) is 0 Å². The molecule has 2 N–H and O–H groups in total. The van der Waals surface area contributed by atoms with Crippen LogP contribution in [0.3, 0.4) is 0 Å². The normalized spacial score (nSPS) is 19.7. The lowest BCUT2D eigenvalue weighted by Crippen LogP contribution is -2.35. The van der Waals surface area contributed by atoms with Crippen molar-refractivity contribution < 1.29 is 13.7 Å². The van der Waals surface area contributed by atoms with Crippen LogP contribution in [-0.4, -0.2) is 40.1 Å². The number of hydrogen-bond acceptors (Lipinski definition) is 4. The number of likely N-dealkylation sites (tertiary alicyclic amines) is 1. The number of nitrogens with two attached hydrogens (primary N) is 1. The van der Waals surface area contributed by atoms with Gasteiger partial charge >= 0.3 is 6.09 Å². The SMILES string of the molecule is C[S@](=O)Cc1cc(N)ccc1[C@H]1CCN(C(=O)OC(C)(C)C)C1. The molecule has 1 aliphatic rings. The lowest BCUT2D eigenvalue weighted by molar-refractivity contribution is 0.0292. The first-order valence-electron chi connectivity index (χ1n) is 7.82. The molecule has 1 heterocycles. The fourth-order valence-electron chi connectivity index (χ4n) is 2.87. The number of rotatable bonds is 3. The van der Waals surface area contributed by atoms with E-state index < -0.39 is 16.4 Å². The molecule has 0 bridgehead atoms. The van der Waals surface area contributed by atoms with E-state index in [4.69, 9.17) is 10.5 Å². The summed E-state index contributed by atoms with van der Waals surface area (Å²) in [6.07, 6.45) is 2.30. The highest BCUT2D eigenvalue weighted by molar-refractivity contribution is 7.83. The van der Waals surface area contributed by atoms with Crippen LogP contribution in [0.4, 0.5) is 10.5 Å². The van der Waals surface area contributed by atoms with Gasteiger partial charge in [-0.15, -0.1) is 0 Å². The molecule has 1 amide bonds. The van der Waals surface area contributed by atoms with Crippen LogP contribution in [0.15, 0.2) is 18.2 Å². The number of carbonyl (C=O) groups is 1. The Morgan fingerprint density at radius 2 is 2.13 bits per heavy atom. The fraction of sp³-hybridized carbons (Fsp3) is 0.588. The molecule has 1 saturated heterocycles. The van der Waals surface area contributed by atoms with Crippen molar-refractivity contribution in [3.63, 3.8) is 0 Å². The van der Waals surface area contributed by atoms with E-state index in [0.29, 0.717) is 24.5 Å². The van der Waals surface area contributed by atoms with Gasteiger partial charge in [0.25, 0.3) is 0 Å². The second kappa shape index (κ2) is 6.91. The van der Waals surface area contributed by atoms with E-state index in [9.17, 15) is 9.00 Å². The number of amides is 1. The standard InChI is InChI=1S/C17H26N2O3S/c1-17(2,3)22-16(20)19-8-7-12(10-19)15-6-5-14(18)9-13(15)11-23(4)21/h5-6,9,12H,7-8,10-11,18H2,1-4H3/t12-,23-/m0/s1. The van der Waals surface area contributed by atoms with Crippen LogP contribution in [0.25, 0.3) is 0 Å². The molecule has 1 fully saturated rings. The predicted molar refractivity (Wildman–Crippen MR) is 93.8 cm³/mol. The minimum Gasteiger partial charge on any atom is -0.444 e. The van der Waals surface area contributed by atoms with Crippen molar-refractivity contribution >= 4 is 22.6 Å². The van der Waals surface area contributed by atoms with Gasteiger partial charge in [0.05, 0.1) is 0 Å². The van der Waals surface area contributed by atoms with Gasteiger partial charge in [0, 0.05) is 47.5 Å². The third-order valence-electron chi connectivity index (χ3n) is 3.81. The van der Waals surface area contributed by atoms with Gasteiger partial charge in [-0.1, -0.05) is 6.07 Å². The Morgan fingerprint density at radius 3 is 2.74 bits per heavy atom. The highest BCUT2D eigenvalue weighted by Gasteiger charge is 2.31. The smallest absolute Gasteiger partial charge is 0.410 e. The van der Waals surface area contributed by atoms with Gasteiger partial charge in [-0.3, -0.25) is 4.21 Å². The summed E-state index contributed by atoms with van der Waals surface area (Å²) < 4.78 is 17.0. The van der Waals surface area contributed by atoms with Gasteiger partial charge in [0.1, 0.15) is 5.60 Å². The summed E-state index contributed by atoms with van der Waals surface area (Å²) in [5, 5.41) is 0. The summed E-state index contributed by atoms with van der Waals surface area (Å²) in [4.78, 5) is 13.9. The molecule has 128 valence electrons. The maximum absolute atomic E-state index is 12.2. The zero-order chi connectivity index (χ0) is 17.2. The van der Waals surface area contributed by atoms with Crippen LogP contribution in [-0.2, 0) is 21.3 Å². The number of nitrogen functional groups attached to an aromatic ring is 1. The van der Waals surface area contributed by atoms with E-state index in [1.54, 1.807) is 11.2 Å². The summed E-state index contributed by atoms with van der Waals surface area (Å²) in [6, 6.07) is 5.77. The van der Waals surface area contributed by atoms with E-state index in [2.05, 4.69) is 0 Å². The van der Waals surface area contributed by atoms with Gasteiger partial charge in [-0.05, 0) is 50.5 Å². The van der Waals surface area contributed by atoms with Crippen molar-refractivity contribution in [2.24, 2.45) is 0 Å². The third-order valence-corrected chi connectivity index (χ3v) is 4.52. The fourth-order valence-corrected chi connectivity index (χ4v) is 3.56. The van der Waals surface area contributed by atoms with Crippen molar-refractivity contribution in [1.82, 2.24) is 4.90 Å². The molecule has 0 aromatic heterocycles. The minimum absolute atomic E-state index is 0.238. The molecule has 0 aliphatic carbocycles. The van der Waals surface area contributed by atoms with Crippen LogP contribution in [0.1, 0.15) is 44.2 Å². The zero-order valence-corrected chi connectivity index (χ0v) is 15.1. The van der Waals surface area contributed by atoms with E-state index in [0.717, 1.165) is 17.5 Å². The average Bonchev–Trinajstić information content (AvgIpc) is 2.85. The lowest BCUT2D eigenvalue weighted by atomic mass is 9.94. The van der Waals surface area contributed by atoms with Gasteiger partial charge in [-0.2, -0.15) is 0 Å². The van der Waals surface area contributed by atoms with Crippen molar-refractivity contribution in [3.8, 4) is 0 Å². The van der Waals surface area contributed by atoms with Crippen molar-refractivity contribution in [3.05, 3.63) is 29.3 Å². The van der Waals surface area contributed by atoms with Crippen LogP contribution >= 0.6 is 0 Å². The predicted octanol–water partition coefficient (Wildman–Crippen LogP) is 2.87. The summed E-state index contributed by atoms with van der Waals surface area (Å²) in [5.41, 5.74) is 8.21. The number of nitrogens with zero attached hydrogens (tertiary/aromatic N) is 1. The number of hydrogen-bond donors (Lipinski definition) is 1. The van der Waals surface area contributed by atoms with Crippen molar-refractivity contribution in [1.29, 1.82) is 0 Å². The molecule has 0 spiro atoms. The Morgan fingerprint density at radius 1 is 1.43 bits per heavy atom. The first-order chi connectivity index (χ1) is 10.7. The van der Waals surface area contributed by atoms with Gasteiger partial charge < -0.3 is 15.4 Å². The minimum atomic E-state index is -0.927. The monoisotopic (exact) mass is 338 g/mol. The summed E-state index contributed by atoms with van der Waals surface area (Å²) in [6.45, 7) is 6.91. The van der Waals surface area contributed by atoms with Crippen LogP contribution in [0.5, 0.6) is 0 Å². The maximum Gasteiger partial charge on any atom is 0.410 e. The molecular weight excluding hydrogens is 312 g/mol. The largest absolute Gasteiger partial charge is 0.444 e. The van der Waals surface area contributed by atoms with Crippen molar-refractivity contribution in [2.75, 3.05) is 25.1 Å². The second-order valence-electron chi connectivity index (χ2n) is 7.09. The molecule has 5 nitrogen and oxygen atoms in total. The lowest BCUT2D eigenvalue weighted by Gasteiger charge is -2.24. The number of anilines is 1. The van der Waals surface area contributed by atoms with Crippen LogP contribution < -0.4 is 5.73 Å². The Balaban J connectivity index is 2.12. The topological polar surface area (TPSA) is 72.6 Å². The molecule has 0 saturated carbocycles. The van der Waals surface area contributed by atoms with Gasteiger partial charge in [0.15, 0.2) is 0 Å². The molecule has 0 unspecified atom stereocenters. The molecule has 1 aromatic carbocycles. The number of benzene rings is 1. The summed E-state index contributed by atoms with van der Waals surface area (Å²) in [5.74, 6) is 0.727.